The van der Waals surface area contributed by atoms with Gasteiger partial charge in [0.05, 0.1) is 43.6 Å². The molecule has 0 radical (unpaired) electrons. The van der Waals surface area contributed by atoms with Gasteiger partial charge in [0.25, 0.3) is 5.91 Å². The zero-order chi connectivity index (χ0) is 102. The Balaban J connectivity index is 0.000000884. The molecule has 7 aliphatic rings. The third kappa shape index (κ3) is 29.8. The van der Waals surface area contributed by atoms with Crippen LogP contribution in [-0.4, -0.2) is 250 Å². The number of allylic oxidation sites excluding steroid dienone is 2. The number of nitrogens with zero attached hydrogens (tertiary/aromatic N) is 7. The average Bonchev–Trinajstić information content (AvgIpc) is 1.65. The molecule has 0 unspecified atom stereocenters. The number of aliphatic carboxylic acids is 1. The molecular weight excluding hydrogens is 1810 g/mol. The maximum atomic E-state index is 15.6. The number of benzene rings is 6. The molecule has 7 aliphatic heterocycles. The Morgan fingerprint density at radius 2 is 1.16 bits per heavy atom. The minimum absolute atomic E-state index is 0.0563. The Labute approximate surface area is 811 Å². The number of ether oxygens (including phenoxy) is 5. The van der Waals surface area contributed by atoms with Gasteiger partial charge in [-0.3, -0.25) is 62.4 Å². The van der Waals surface area contributed by atoms with E-state index in [1.807, 2.05) is 89.7 Å². The average molecular weight is 1940 g/mol. The largest absolute Gasteiger partial charge is 0.490 e. The first kappa shape index (κ1) is 108. The number of nitrogens with one attached hydrogen (secondary N) is 7. The molecule has 37 heteroatoms. The molecule has 0 saturated carbocycles. The molecule has 36 nitrogen and oxygen atoms in total. The fraction of sp³-hybridized carbons (Fsp3) is 0.490. The number of aromatic nitrogens is 3. The van der Waals surface area contributed by atoms with Crippen LogP contribution in [0.1, 0.15) is 169 Å². The van der Waals surface area contributed by atoms with Crippen LogP contribution in [0.15, 0.2) is 164 Å². The molecule has 6 aromatic carbocycles. The Bertz CT molecular complexity index is 5820. The van der Waals surface area contributed by atoms with Crippen molar-refractivity contribution in [3.05, 3.63) is 192 Å². The van der Waals surface area contributed by atoms with Crippen LogP contribution in [-0.2, 0) is 114 Å². The van der Waals surface area contributed by atoms with E-state index in [9.17, 15) is 51.9 Å². The van der Waals surface area contributed by atoms with E-state index in [0.29, 0.717) is 52.3 Å². The summed E-state index contributed by atoms with van der Waals surface area (Å²) < 4.78 is 56.8. The Morgan fingerprint density at radius 1 is 0.633 bits per heavy atom. The molecule has 139 heavy (non-hydrogen) atoms. The van der Waals surface area contributed by atoms with Gasteiger partial charge in [-0.25, -0.2) is 32.4 Å². The second-order valence-corrected chi connectivity index (χ2v) is 41.9. The summed E-state index contributed by atoms with van der Waals surface area (Å²) >= 11 is 0. The maximum absolute atomic E-state index is 15.6. The molecule has 8 N–H and O–H groups in total. The number of rotatable bonds is 18. The second kappa shape index (κ2) is 46.3. The topological polar surface area (TPSA) is 467 Å². The van der Waals surface area contributed by atoms with Crippen molar-refractivity contribution in [1.82, 2.24) is 71.2 Å². The summed E-state index contributed by atoms with van der Waals surface area (Å²) in [5.74, 6) is -10.0. The minimum atomic E-state index is -4.22. The number of hydrogen-bond donors (Lipinski definition) is 8. The summed E-state index contributed by atoms with van der Waals surface area (Å²) in [6, 6.07) is 26.4. The van der Waals surface area contributed by atoms with Crippen LogP contribution in [0, 0.1) is 28.6 Å². The van der Waals surface area contributed by atoms with Gasteiger partial charge in [0.15, 0.2) is 5.78 Å². The van der Waals surface area contributed by atoms with E-state index in [-0.39, 0.29) is 77.2 Å². The molecule has 0 aliphatic carbocycles. The molecule has 14 rings (SSSR count). The number of imide groups is 1. The number of Topliss-reactive ketones (excluding diaryl/α,β-unsaturated/α-hetero) is 1. The number of amides is 11. The molecule has 0 spiro atoms. The zero-order valence-electron chi connectivity index (χ0n) is 82.3. The number of esters is 1. The predicted octanol–water partition coefficient (Wildman–Crippen LogP) is 9.13. The number of ketones is 1. The number of likely N-dealkylation sites (N-methyl/N-ethyl adjacent to an activating group) is 2. The lowest BCUT2D eigenvalue weighted by atomic mass is 9.85. The second-order valence-electron chi connectivity index (χ2n) is 40.2. The lowest BCUT2D eigenvalue weighted by Crippen LogP contribution is -2.61. The number of fused-ring (bicyclic) bond motifs is 2. The molecular formula is C102H132N14O22S. The highest BCUT2D eigenvalue weighted by Crippen LogP contribution is 2.36. The fourth-order valence-corrected chi connectivity index (χ4v) is 17.4. The highest BCUT2D eigenvalue weighted by molar-refractivity contribution is 7.89. The summed E-state index contributed by atoms with van der Waals surface area (Å²) in [4.78, 5) is 201. The van der Waals surface area contributed by atoms with Crippen molar-refractivity contribution in [2.24, 2.45) is 28.6 Å². The van der Waals surface area contributed by atoms with E-state index >= 15 is 28.8 Å². The summed E-state index contributed by atoms with van der Waals surface area (Å²) in [5.41, 5.74) is -1.00. The third-order valence-electron chi connectivity index (χ3n) is 24.7. The van der Waals surface area contributed by atoms with Gasteiger partial charge in [0, 0.05) is 51.7 Å². The molecule has 1 aromatic heterocycles. The number of sulfonamides is 1. The van der Waals surface area contributed by atoms with Gasteiger partial charge in [-0.05, 0) is 186 Å². The van der Waals surface area contributed by atoms with Crippen LogP contribution in [0.25, 0.3) is 21.5 Å². The molecule has 14 atom stereocenters. The Morgan fingerprint density at radius 3 is 1.69 bits per heavy atom. The summed E-state index contributed by atoms with van der Waals surface area (Å²) in [6.07, 6.45) is 5.88. The molecule has 8 heterocycles. The smallest absolute Gasteiger partial charge is 0.417 e. The SMILES string of the molecule is C=CC[C@H]1C[C@@H](C(=O)OC)N(C(=O)OC(C)(C)C)C1=O.CN[C@@H](C)C(=O)N[C@H](C(=O)N1C[C@H]2C/C=C/COc3ccc(cc3)C[C@@H](C(=O)O)CC(=O)[C@H](Cc3ccc4ccccc4c3)NC(=O)[C@@H]3C[C@@H](CN3C(=O)[C@@H](NC(=O)[C@H](C)N(C)C(=O)OC(C)(C)C)C(C)(C)C)n3cc(nn3)COc3ccc(cc3)C[C@@H](C(=O)NS(C)(=O)=O)NC(=O)[C@H](Cc3ccc4ccccc4c3)NC(=O)[C@@H]1C2)C(C)(C)C. The fourth-order valence-electron chi connectivity index (χ4n) is 16.9. The number of carbonyl (C=O) groups excluding carboxylic acids is 13. The first-order valence-electron chi connectivity index (χ1n) is 46.5. The zero-order valence-corrected chi connectivity index (χ0v) is 83.1. The first-order valence-corrected chi connectivity index (χ1v) is 48.4. The predicted molar refractivity (Wildman–Crippen MR) is 518 cm³/mol. The summed E-state index contributed by atoms with van der Waals surface area (Å²) in [6.45, 7) is 27.2. The molecule has 3 saturated heterocycles. The van der Waals surface area contributed by atoms with Crippen molar-refractivity contribution >= 4 is 115 Å². The van der Waals surface area contributed by atoms with Gasteiger partial charge in [-0.1, -0.05) is 174 Å². The monoisotopic (exact) mass is 1940 g/mol. The van der Waals surface area contributed by atoms with Crippen molar-refractivity contribution in [2.45, 2.75) is 245 Å². The van der Waals surface area contributed by atoms with E-state index in [1.54, 1.807) is 170 Å². The van der Waals surface area contributed by atoms with E-state index < -0.39 is 200 Å². The highest BCUT2D eigenvalue weighted by Gasteiger charge is 2.51. The summed E-state index contributed by atoms with van der Waals surface area (Å²) in [7, 11) is 0.0103. The number of carbonyl (C=O) groups is 14. The van der Waals surface area contributed by atoms with Crippen LogP contribution in [0.2, 0.25) is 0 Å². The van der Waals surface area contributed by atoms with Crippen molar-refractivity contribution in [2.75, 3.05) is 47.2 Å². The van der Waals surface area contributed by atoms with Crippen LogP contribution in [0.5, 0.6) is 11.5 Å². The molecule has 7 aromatic rings. The third-order valence-corrected chi connectivity index (χ3v) is 25.2. The quantitative estimate of drug-likeness (QED) is 0.0225. The van der Waals surface area contributed by atoms with Crippen LogP contribution in [0.4, 0.5) is 9.59 Å². The van der Waals surface area contributed by atoms with Gasteiger partial charge in [0.2, 0.25) is 57.3 Å². The van der Waals surface area contributed by atoms with Gasteiger partial charge in [-0.15, -0.1) is 11.7 Å². The van der Waals surface area contributed by atoms with Crippen molar-refractivity contribution in [3.63, 3.8) is 0 Å². The van der Waals surface area contributed by atoms with Crippen molar-refractivity contribution in [3.8, 4) is 11.5 Å². The van der Waals surface area contributed by atoms with E-state index in [1.165, 1.54) is 35.6 Å². The lowest BCUT2D eigenvalue weighted by molar-refractivity contribution is -0.148. The van der Waals surface area contributed by atoms with Gasteiger partial charge < -0.3 is 70.5 Å². The van der Waals surface area contributed by atoms with Gasteiger partial charge in [0.1, 0.15) is 89.9 Å². The highest BCUT2D eigenvalue weighted by atomic mass is 32.2. The minimum Gasteiger partial charge on any atom is -0.490 e. The number of methoxy groups -OCH3 is 1. The maximum Gasteiger partial charge on any atom is 0.417 e. The van der Waals surface area contributed by atoms with Crippen molar-refractivity contribution in [1.29, 1.82) is 0 Å². The Kier molecular flexibility index (Phi) is 35.9. The first-order chi connectivity index (χ1) is 65.3. The lowest BCUT2D eigenvalue weighted by Gasteiger charge is -2.37. The molecule has 10 bridgehead atoms. The number of likely N-dealkylation sites (tertiary alicyclic amines) is 3. The molecule has 748 valence electrons. The van der Waals surface area contributed by atoms with Crippen molar-refractivity contribution < 1.29 is 104 Å². The van der Waals surface area contributed by atoms with E-state index in [4.69, 9.17) is 18.9 Å². The van der Waals surface area contributed by atoms with Crippen LogP contribution >= 0.6 is 0 Å². The van der Waals surface area contributed by atoms with Gasteiger partial charge >= 0.3 is 24.1 Å². The van der Waals surface area contributed by atoms with Crippen LogP contribution < -0.4 is 46.1 Å². The van der Waals surface area contributed by atoms with Crippen LogP contribution in [0.3, 0.4) is 0 Å². The Hall–Kier alpha value is -13.5. The normalized spacial score (nSPS) is 21.7. The van der Waals surface area contributed by atoms with E-state index in [2.05, 4.69) is 53.5 Å². The number of carboxylic acids is 1. The number of carboxylic acid groups (broad SMARTS) is 1. The molecule has 3 fully saturated rings. The number of hydrogen-bond acceptors (Lipinski definition) is 24. The molecule has 11 amide bonds. The summed E-state index contributed by atoms with van der Waals surface area (Å²) in [5, 5.41) is 40.5. The standard InChI is InChI=1S/C88H111N13O17S.C14H21NO5/c1-52(89-12)76(103)93-74(86(3,4)5)82(109)99-48-58-21-19-20-38-116-66-34-28-54(29-35-66)39-63(84(111)112)46-73(102)68(43-56-26-32-59-22-15-17-24-61(59)40-56)90-81(108)72-47-65(50-100(72)83(110)75(87(6,7)8)94-77(104)53(2)98(13)85(113)118-88(9,10)11)101-49-64(95-97-101)51-117-67-36-30-55(31-37-67)42-70(79(106)96-119(14,114)115)91-78(105)69(92-80(107)71(99)45-58)44-57-27-33-60-23-16-18-25-62(60)41-57;1-6-7-9-8-10(12(17)19-5)15(11(9)16)13(18)20-14(2,3)4/h15-20,22-37,40-41,49,52-53,58,63,65,68-72,74-75,89H,21,38-39,42-48,50-51H2,1-14H3,(H,90,108)(H,91,105)(H,92,107)(H,93,103)(H,94,104)(H,96,106)(H,111,112);6,9-10H,1,7-8H2,2-5H3/b20-19+;/t52-,53-,58-,63+,65-,68-,69-,70-,71-,72-,74+,75+;9-,10-/m00/s1. The van der Waals surface area contributed by atoms with Gasteiger partial charge in [-0.2, -0.15) is 0 Å². The van der Waals surface area contributed by atoms with E-state index in [0.717, 1.165) is 37.6 Å².